The fourth-order valence-corrected chi connectivity index (χ4v) is 3.05. The first-order chi connectivity index (χ1) is 11.7. The second-order valence-corrected chi connectivity index (χ2v) is 6.47. The van der Waals surface area contributed by atoms with Gasteiger partial charge in [-0.25, -0.2) is 0 Å². The van der Waals surface area contributed by atoms with Crippen molar-refractivity contribution >= 4 is 17.3 Å². The Morgan fingerprint density at radius 1 is 1.00 bits per heavy atom. The van der Waals surface area contributed by atoms with Crippen LogP contribution in [0.5, 0.6) is 0 Å². The van der Waals surface area contributed by atoms with Gasteiger partial charge in [0.05, 0.1) is 6.54 Å². The molecule has 0 spiro atoms. The molecule has 1 fully saturated rings. The van der Waals surface area contributed by atoms with Gasteiger partial charge in [-0.1, -0.05) is 35.9 Å². The number of nitrogens with zero attached hydrogens (tertiary/aromatic N) is 1. The quantitative estimate of drug-likeness (QED) is 0.885. The fraction of sp³-hybridized carbons (Fsp3) is 0.350. The van der Waals surface area contributed by atoms with Gasteiger partial charge in [0.1, 0.15) is 0 Å². The third-order valence-corrected chi connectivity index (χ3v) is 4.43. The molecule has 0 aromatic heterocycles. The molecular weight excluding hydrogens is 298 g/mol. The maximum absolute atomic E-state index is 12.1. The van der Waals surface area contributed by atoms with Crippen LogP contribution < -0.4 is 10.6 Å². The third-order valence-electron chi connectivity index (χ3n) is 4.43. The van der Waals surface area contributed by atoms with Crippen LogP contribution in [0, 0.1) is 6.92 Å². The molecule has 24 heavy (non-hydrogen) atoms. The standard InChI is InChI=1S/C20H25N3O/c1-16-7-9-18(10-8-16)21-19-11-13-23(14-12-19)15-20(24)22-17-5-3-2-4-6-17/h2-10,19,21H,11-15H2,1H3,(H,22,24). The topological polar surface area (TPSA) is 44.4 Å². The van der Waals surface area contributed by atoms with Gasteiger partial charge < -0.3 is 10.6 Å². The molecule has 0 saturated carbocycles. The smallest absolute Gasteiger partial charge is 0.238 e. The van der Waals surface area contributed by atoms with Crippen molar-refractivity contribution in [1.82, 2.24) is 4.90 Å². The second-order valence-electron chi connectivity index (χ2n) is 6.47. The highest BCUT2D eigenvalue weighted by atomic mass is 16.2. The van der Waals surface area contributed by atoms with Crippen molar-refractivity contribution in [3.63, 3.8) is 0 Å². The molecular formula is C20H25N3O. The highest BCUT2D eigenvalue weighted by Gasteiger charge is 2.20. The number of carbonyl (C=O) groups is 1. The molecule has 2 N–H and O–H groups in total. The molecule has 2 aromatic carbocycles. The van der Waals surface area contributed by atoms with Gasteiger partial charge in [0.2, 0.25) is 5.91 Å². The van der Waals surface area contributed by atoms with E-state index in [4.69, 9.17) is 0 Å². The van der Waals surface area contributed by atoms with E-state index >= 15 is 0 Å². The van der Waals surface area contributed by atoms with E-state index in [1.807, 2.05) is 30.3 Å². The molecule has 4 heteroatoms. The van der Waals surface area contributed by atoms with E-state index in [-0.39, 0.29) is 5.91 Å². The van der Waals surface area contributed by atoms with E-state index in [9.17, 15) is 4.79 Å². The van der Waals surface area contributed by atoms with E-state index in [1.165, 1.54) is 11.3 Å². The van der Waals surface area contributed by atoms with E-state index in [2.05, 4.69) is 46.7 Å². The fourth-order valence-electron chi connectivity index (χ4n) is 3.05. The van der Waals surface area contributed by atoms with Gasteiger partial charge in [-0.05, 0) is 44.0 Å². The lowest BCUT2D eigenvalue weighted by molar-refractivity contribution is -0.117. The molecule has 1 saturated heterocycles. The zero-order valence-corrected chi connectivity index (χ0v) is 14.2. The number of hydrogen-bond acceptors (Lipinski definition) is 3. The number of amides is 1. The summed E-state index contributed by atoms with van der Waals surface area (Å²) in [5.41, 5.74) is 3.32. The number of nitrogens with one attached hydrogen (secondary N) is 2. The molecule has 1 heterocycles. The van der Waals surface area contributed by atoms with Gasteiger partial charge in [-0.2, -0.15) is 0 Å². The average molecular weight is 323 g/mol. The minimum absolute atomic E-state index is 0.0612. The molecule has 0 atom stereocenters. The molecule has 1 amide bonds. The van der Waals surface area contributed by atoms with E-state index in [0.29, 0.717) is 12.6 Å². The van der Waals surface area contributed by atoms with Crippen LogP contribution >= 0.6 is 0 Å². The van der Waals surface area contributed by atoms with Crippen LogP contribution in [0.2, 0.25) is 0 Å². The summed E-state index contributed by atoms with van der Waals surface area (Å²) in [6, 6.07) is 18.6. The molecule has 0 bridgehead atoms. The zero-order chi connectivity index (χ0) is 16.8. The molecule has 4 nitrogen and oxygen atoms in total. The van der Waals surface area contributed by atoms with Crippen molar-refractivity contribution in [2.45, 2.75) is 25.8 Å². The van der Waals surface area contributed by atoms with E-state index in [1.54, 1.807) is 0 Å². The second kappa shape index (κ2) is 7.97. The van der Waals surface area contributed by atoms with Crippen LogP contribution in [0.1, 0.15) is 18.4 Å². The summed E-state index contributed by atoms with van der Waals surface area (Å²) in [4.78, 5) is 14.3. The summed E-state index contributed by atoms with van der Waals surface area (Å²) in [5.74, 6) is 0.0612. The Bertz CT molecular complexity index is 646. The van der Waals surface area contributed by atoms with Crippen LogP contribution in [0.15, 0.2) is 54.6 Å². The number of para-hydroxylation sites is 1. The first-order valence-electron chi connectivity index (χ1n) is 8.59. The highest BCUT2D eigenvalue weighted by Crippen LogP contribution is 2.17. The van der Waals surface area contributed by atoms with Crippen molar-refractivity contribution in [3.8, 4) is 0 Å². The monoisotopic (exact) mass is 323 g/mol. The molecule has 0 unspecified atom stereocenters. The van der Waals surface area contributed by atoms with Crippen molar-refractivity contribution in [3.05, 3.63) is 60.2 Å². The number of aryl methyl sites for hydroxylation is 1. The number of rotatable bonds is 5. The summed E-state index contributed by atoms with van der Waals surface area (Å²) in [5, 5.41) is 6.54. The van der Waals surface area contributed by atoms with Gasteiger partial charge in [-0.3, -0.25) is 9.69 Å². The summed E-state index contributed by atoms with van der Waals surface area (Å²) >= 11 is 0. The zero-order valence-electron chi connectivity index (χ0n) is 14.2. The maximum Gasteiger partial charge on any atom is 0.238 e. The Balaban J connectivity index is 1.41. The Hall–Kier alpha value is -2.33. The van der Waals surface area contributed by atoms with Crippen LogP contribution in [-0.2, 0) is 4.79 Å². The third kappa shape index (κ3) is 4.83. The van der Waals surface area contributed by atoms with Crippen molar-refractivity contribution in [2.75, 3.05) is 30.3 Å². The van der Waals surface area contributed by atoms with E-state index in [0.717, 1.165) is 31.6 Å². The SMILES string of the molecule is Cc1ccc(NC2CCN(CC(=O)Nc3ccccc3)CC2)cc1. The van der Waals surface area contributed by atoms with Crippen molar-refractivity contribution in [1.29, 1.82) is 0 Å². The number of anilines is 2. The molecule has 126 valence electrons. The number of carbonyl (C=O) groups excluding carboxylic acids is 1. The maximum atomic E-state index is 12.1. The molecule has 1 aliphatic heterocycles. The van der Waals surface area contributed by atoms with Gasteiger partial charge in [0.15, 0.2) is 0 Å². The molecule has 0 aliphatic carbocycles. The van der Waals surface area contributed by atoms with Crippen molar-refractivity contribution in [2.24, 2.45) is 0 Å². The van der Waals surface area contributed by atoms with Crippen LogP contribution in [0.3, 0.4) is 0 Å². The lowest BCUT2D eigenvalue weighted by Crippen LogP contribution is -2.42. The predicted molar refractivity (Wildman–Crippen MR) is 99.3 cm³/mol. The summed E-state index contributed by atoms with van der Waals surface area (Å²) < 4.78 is 0. The van der Waals surface area contributed by atoms with Crippen LogP contribution in [0.25, 0.3) is 0 Å². The summed E-state index contributed by atoms with van der Waals surface area (Å²) in [6.45, 7) is 4.46. The Kier molecular flexibility index (Phi) is 5.49. The minimum atomic E-state index is 0.0612. The first kappa shape index (κ1) is 16.5. The Labute approximate surface area is 143 Å². The van der Waals surface area contributed by atoms with Gasteiger partial charge >= 0.3 is 0 Å². The van der Waals surface area contributed by atoms with Gasteiger partial charge in [0, 0.05) is 30.5 Å². The predicted octanol–water partition coefficient (Wildman–Crippen LogP) is 3.51. The van der Waals surface area contributed by atoms with Crippen molar-refractivity contribution < 1.29 is 4.79 Å². The summed E-state index contributed by atoms with van der Waals surface area (Å²) in [6.07, 6.45) is 2.12. The average Bonchev–Trinajstić information content (AvgIpc) is 2.59. The molecule has 3 rings (SSSR count). The van der Waals surface area contributed by atoms with Crippen LogP contribution in [-0.4, -0.2) is 36.5 Å². The first-order valence-corrected chi connectivity index (χ1v) is 8.59. The normalized spacial score (nSPS) is 15.9. The Morgan fingerprint density at radius 3 is 2.33 bits per heavy atom. The lowest BCUT2D eigenvalue weighted by atomic mass is 10.0. The van der Waals surface area contributed by atoms with Gasteiger partial charge in [0.25, 0.3) is 0 Å². The number of likely N-dealkylation sites (tertiary alicyclic amines) is 1. The molecule has 2 aromatic rings. The minimum Gasteiger partial charge on any atom is -0.382 e. The van der Waals surface area contributed by atoms with Crippen LogP contribution in [0.4, 0.5) is 11.4 Å². The highest BCUT2D eigenvalue weighted by molar-refractivity contribution is 5.92. The Morgan fingerprint density at radius 2 is 1.67 bits per heavy atom. The van der Waals surface area contributed by atoms with E-state index < -0.39 is 0 Å². The lowest BCUT2D eigenvalue weighted by Gasteiger charge is -2.32. The molecule has 1 aliphatic rings. The number of piperidine rings is 1. The molecule has 0 radical (unpaired) electrons. The largest absolute Gasteiger partial charge is 0.382 e. The summed E-state index contributed by atoms with van der Waals surface area (Å²) in [7, 11) is 0. The number of benzene rings is 2. The number of hydrogen-bond donors (Lipinski definition) is 2. The van der Waals surface area contributed by atoms with Gasteiger partial charge in [-0.15, -0.1) is 0 Å².